The van der Waals surface area contributed by atoms with E-state index in [0.29, 0.717) is 6.54 Å². The lowest BCUT2D eigenvalue weighted by molar-refractivity contribution is -0.122. The molecule has 2 rings (SSSR count). The van der Waals surface area contributed by atoms with Gasteiger partial charge in [-0.3, -0.25) is 9.59 Å². The Bertz CT molecular complexity index is 547. The maximum atomic E-state index is 14.1. The first-order valence-corrected chi connectivity index (χ1v) is 6.36. The van der Waals surface area contributed by atoms with Gasteiger partial charge in [-0.2, -0.15) is 0 Å². The fourth-order valence-corrected chi connectivity index (χ4v) is 2.51. The van der Waals surface area contributed by atoms with Crippen molar-refractivity contribution in [2.24, 2.45) is 17.6 Å². The number of primary amides is 1. The highest BCUT2D eigenvalue weighted by Crippen LogP contribution is 2.27. The summed E-state index contributed by atoms with van der Waals surface area (Å²) in [4.78, 5) is 25.1. The molecule has 2 atom stereocenters. The number of rotatable bonds is 3. The summed E-state index contributed by atoms with van der Waals surface area (Å²) < 4.78 is 18.9. The van der Waals surface area contributed by atoms with E-state index in [1.807, 2.05) is 6.92 Å². The normalized spacial score (nSPS) is 21.9. The molecular weight excluding hydrogens is 263 g/mol. The predicted octanol–water partition coefficient (Wildman–Crippen LogP) is 1.03. The Morgan fingerprint density at radius 1 is 1.40 bits per heavy atom. The Morgan fingerprint density at radius 3 is 2.65 bits per heavy atom. The summed E-state index contributed by atoms with van der Waals surface area (Å²) in [5.41, 5.74) is 5.24. The number of carbonyl (C=O) groups is 2. The van der Waals surface area contributed by atoms with Gasteiger partial charge in [-0.15, -0.1) is 0 Å². The molecule has 6 heteroatoms. The fraction of sp³-hybridized carbons (Fsp3) is 0.429. The number of nitrogens with two attached hydrogens (primary N) is 1. The van der Waals surface area contributed by atoms with E-state index in [4.69, 9.17) is 10.5 Å². The Morgan fingerprint density at radius 2 is 2.10 bits per heavy atom. The maximum Gasteiger partial charge on any atom is 0.257 e. The second-order valence-corrected chi connectivity index (χ2v) is 5.02. The van der Waals surface area contributed by atoms with Crippen LogP contribution in [0.15, 0.2) is 18.2 Å². The van der Waals surface area contributed by atoms with Gasteiger partial charge in [0.1, 0.15) is 0 Å². The van der Waals surface area contributed by atoms with Gasteiger partial charge in [-0.1, -0.05) is 13.0 Å². The number of hydrogen-bond acceptors (Lipinski definition) is 3. The SMILES string of the molecule is COc1cccc(C(=O)N2C[C@@H](C)[C@H](C(N)=O)C2)c1F. The van der Waals surface area contributed by atoms with Gasteiger partial charge in [-0.25, -0.2) is 4.39 Å². The lowest BCUT2D eigenvalue weighted by Crippen LogP contribution is -2.32. The molecule has 0 unspecified atom stereocenters. The largest absolute Gasteiger partial charge is 0.494 e. The van der Waals surface area contributed by atoms with E-state index in [2.05, 4.69) is 0 Å². The highest BCUT2D eigenvalue weighted by molar-refractivity contribution is 5.95. The molecular formula is C14H17FN2O3. The van der Waals surface area contributed by atoms with Crippen molar-refractivity contribution in [3.63, 3.8) is 0 Å². The zero-order chi connectivity index (χ0) is 14.9. The molecule has 108 valence electrons. The molecule has 1 saturated heterocycles. The first-order chi connectivity index (χ1) is 9.45. The Labute approximate surface area is 116 Å². The summed E-state index contributed by atoms with van der Waals surface area (Å²) >= 11 is 0. The van der Waals surface area contributed by atoms with Crippen molar-refractivity contribution in [2.45, 2.75) is 6.92 Å². The van der Waals surface area contributed by atoms with Crippen molar-refractivity contribution in [3.05, 3.63) is 29.6 Å². The average Bonchev–Trinajstić information content (AvgIpc) is 2.80. The summed E-state index contributed by atoms with van der Waals surface area (Å²) in [6.45, 7) is 2.47. The lowest BCUT2D eigenvalue weighted by atomic mass is 9.98. The molecule has 0 saturated carbocycles. The number of amides is 2. The van der Waals surface area contributed by atoms with Crippen LogP contribution < -0.4 is 10.5 Å². The molecule has 2 N–H and O–H groups in total. The highest BCUT2D eigenvalue weighted by Gasteiger charge is 2.36. The van der Waals surface area contributed by atoms with Gasteiger partial charge in [0.05, 0.1) is 18.6 Å². The zero-order valence-corrected chi connectivity index (χ0v) is 11.4. The topological polar surface area (TPSA) is 72.6 Å². The first kappa shape index (κ1) is 14.3. The summed E-state index contributed by atoms with van der Waals surface area (Å²) in [6.07, 6.45) is 0. The van der Waals surface area contributed by atoms with Gasteiger partial charge in [0.2, 0.25) is 5.91 Å². The monoisotopic (exact) mass is 280 g/mol. The molecule has 0 aliphatic carbocycles. The number of benzene rings is 1. The quantitative estimate of drug-likeness (QED) is 0.898. The van der Waals surface area contributed by atoms with Crippen molar-refractivity contribution < 1.29 is 18.7 Å². The molecule has 1 fully saturated rings. The highest BCUT2D eigenvalue weighted by atomic mass is 19.1. The van der Waals surface area contributed by atoms with Crippen LogP contribution in [0.3, 0.4) is 0 Å². The Kier molecular flexibility index (Phi) is 3.92. The van der Waals surface area contributed by atoms with Gasteiger partial charge in [0.25, 0.3) is 5.91 Å². The second kappa shape index (κ2) is 5.48. The maximum absolute atomic E-state index is 14.1. The number of ether oxygens (including phenoxy) is 1. The molecule has 1 aromatic carbocycles. The van der Waals surface area contributed by atoms with Gasteiger partial charge in [0, 0.05) is 13.1 Å². The third-order valence-electron chi connectivity index (χ3n) is 3.68. The van der Waals surface area contributed by atoms with Crippen LogP contribution in [0.2, 0.25) is 0 Å². The predicted molar refractivity (Wildman–Crippen MR) is 70.7 cm³/mol. The minimum Gasteiger partial charge on any atom is -0.494 e. The molecule has 0 radical (unpaired) electrons. The number of hydrogen-bond donors (Lipinski definition) is 1. The van der Waals surface area contributed by atoms with E-state index in [0.717, 1.165) is 0 Å². The molecule has 5 nitrogen and oxygen atoms in total. The van der Waals surface area contributed by atoms with Crippen molar-refractivity contribution in [3.8, 4) is 5.75 Å². The number of nitrogens with zero attached hydrogens (tertiary/aromatic N) is 1. The molecule has 0 aromatic heterocycles. The number of carbonyl (C=O) groups excluding carboxylic acids is 2. The van der Waals surface area contributed by atoms with E-state index in [1.165, 1.54) is 24.1 Å². The van der Waals surface area contributed by atoms with Gasteiger partial charge >= 0.3 is 0 Å². The van der Waals surface area contributed by atoms with Crippen LogP contribution in [0.1, 0.15) is 17.3 Å². The average molecular weight is 280 g/mol. The molecule has 1 aromatic rings. The zero-order valence-electron chi connectivity index (χ0n) is 11.4. The van der Waals surface area contributed by atoms with Gasteiger partial charge in [0.15, 0.2) is 11.6 Å². The van der Waals surface area contributed by atoms with Crippen LogP contribution in [0.5, 0.6) is 5.75 Å². The summed E-state index contributed by atoms with van der Waals surface area (Å²) in [5.74, 6) is -1.95. The van der Waals surface area contributed by atoms with E-state index in [9.17, 15) is 14.0 Å². The Balaban J connectivity index is 2.23. The van der Waals surface area contributed by atoms with Crippen LogP contribution in [0.25, 0.3) is 0 Å². The van der Waals surface area contributed by atoms with E-state index in [1.54, 1.807) is 6.07 Å². The van der Waals surface area contributed by atoms with E-state index in [-0.39, 0.29) is 29.7 Å². The molecule has 1 heterocycles. The van der Waals surface area contributed by atoms with Crippen molar-refractivity contribution in [1.82, 2.24) is 4.90 Å². The third kappa shape index (κ3) is 2.45. The standard InChI is InChI=1S/C14H17FN2O3/c1-8-6-17(7-10(8)13(16)18)14(19)9-4-3-5-11(20-2)12(9)15/h3-5,8,10H,6-7H2,1-2H3,(H2,16,18)/t8-,10-/m1/s1. The molecule has 1 aliphatic heterocycles. The third-order valence-corrected chi connectivity index (χ3v) is 3.68. The van der Waals surface area contributed by atoms with Crippen molar-refractivity contribution in [1.29, 1.82) is 0 Å². The molecule has 2 amide bonds. The number of likely N-dealkylation sites (tertiary alicyclic amines) is 1. The van der Waals surface area contributed by atoms with Gasteiger partial charge in [-0.05, 0) is 18.1 Å². The van der Waals surface area contributed by atoms with Gasteiger partial charge < -0.3 is 15.4 Å². The minimum absolute atomic E-state index is 0.0227. The molecule has 0 bridgehead atoms. The second-order valence-electron chi connectivity index (χ2n) is 5.02. The lowest BCUT2D eigenvalue weighted by Gasteiger charge is -2.17. The fourth-order valence-electron chi connectivity index (χ4n) is 2.51. The van der Waals surface area contributed by atoms with Crippen LogP contribution in [-0.2, 0) is 4.79 Å². The first-order valence-electron chi connectivity index (χ1n) is 6.36. The van der Waals surface area contributed by atoms with E-state index >= 15 is 0 Å². The van der Waals surface area contributed by atoms with Crippen molar-refractivity contribution >= 4 is 11.8 Å². The van der Waals surface area contributed by atoms with Crippen molar-refractivity contribution in [2.75, 3.05) is 20.2 Å². The molecule has 20 heavy (non-hydrogen) atoms. The Hall–Kier alpha value is -2.11. The minimum atomic E-state index is -0.685. The number of methoxy groups -OCH3 is 1. The summed E-state index contributed by atoms with van der Waals surface area (Å²) in [7, 11) is 1.34. The van der Waals surface area contributed by atoms with E-state index < -0.39 is 17.6 Å². The van der Waals surface area contributed by atoms with Crippen LogP contribution >= 0.6 is 0 Å². The molecule has 0 spiro atoms. The summed E-state index contributed by atoms with van der Waals surface area (Å²) in [5, 5.41) is 0. The van der Waals surface area contributed by atoms with Crippen LogP contribution in [0, 0.1) is 17.7 Å². The summed E-state index contributed by atoms with van der Waals surface area (Å²) in [6, 6.07) is 4.41. The van der Waals surface area contributed by atoms with Crippen LogP contribution in [-0.4, -0.2) is 36.9 Å². The molecule has 1 aliphatic rings. The smallest absolute Gasteiger partial charge is 0.257 e. The number of halogens is 1. The van der Waals surface area contributed by atoms with Crippen LogP contribution in [0.4, 0.5) is 4.39 Å².